The van der Waals surface area contributed by atoms with Gasteiger partial charge in [-0.05, 0) is 19.9 Å². The first kappa shape index (κ1) is 14.8. The highest BCUT2D eigenvalue weighted by Gasteiger charge is 2.21. The number of phenolic OH excluding ortho intramolecular Hbond substituents is 1. The van der Waals surface area contributed by atoms with Crippen molar-refractivity contribution in [2.24, 2.45) is 0 Å². The zero-order valence-electron chi connectivity index (χ0n) is 10.7. The number of nitrogens with zero attached hydrogens (tertiary/aromatic N) is 1. The molecule has 0 aliphatic carbocycles. The minimum atomic E-state index is -1.30. The highest BCUT2D eigenvalue weighted by molar-refractivity contribution is 5.53. The Bertz CT molecular complexity index is 379. The van der Waals surface area contributed by atoms with Gasteiger partial charge < -0.3 is 25.3 Å². The Kier molecular flexibility index (Phi) is 5.40. The molecular formula is C13H21NO4. The Morgan fingerprint density at radius 3 is 2.22 bits per heavy atom. The van der Waals surface area contributed by atoms with E-state index in [0.717, 1.165) is 18.8 Å². The summed E-state index contributed by atoms with van der Waals surface area (Å²) in [5.74, 6) is -0.0839. The molecular weight excluding hydrogens is 234 g/mol. The SMILES string of the molecule is CCN(CC)c1ccc(C(O)C(O)CO)c(O)c1. The van der Waals surface area contributed by atoms with Crippen molar-refractivity contribution in [1.82, 2.24) is 0 Å². The number of phenols is 1. The summed E-state index contributed by atoms with van der Waals surface area (Å²) in [6, 6.07) is 4.89. The summed E-state index contributed by atoms with van der Waals surface area (Å²) in [5, 5.41) is 37.7. The molecule has 1 aromatic carbocycles. The predicted molar refractivity (Wildman–Crippen MR) is 69.7 cm³/mol. The number of hydrogen-bond donors (Lipinski definition) is 4. The Labute approximate surface area is 107 Å². The molecule has 2 unspecified atom stereocenters. The summed E-state index contributed by atoms with van der Waals surface area (Å²) in [6.45, 7) is 5.10. The van der Waals surface area contributed by atoms with Crippen LogP contribution in [0.2, 0.25) is 0 Å². The van der Waals surface area contributed by atoms with E-state index < -0.39 is 18.8 Å². The van der Waals surface area contributed by atoms with E-state index in [0.29, 0.717) is 0 Å². The first-order chi connectivity index (χ1) is 8.54. The average molecular weight is 255 g/mol. The van der Waals surface area contributed by atoms with Gasteiger partial charge in [-0.1, -0.05) is 6.07 Å². The molecule has 102 valence electrons. The normalized spacial score (nSPS) is 14.3. The molecule has 0 radical (unpaired) electrons. The second-order valence-electron chi connectivity index (χ2n) is 4.11. The Morgan fingerprint density at radius 2 is 1.78 bits per heavy atom. The van der Waals surface area contributed by atoms with E-state index in [1.54, 1.807) is 18.2 Å². The lowest BCUT2D eigenvalue weighted by Gasteiger charge is -2.23. The van der Waals surface area contributed by atoms with Gasteiger partial charge in [0, 0.05) is 30.4 Å². The predicted octanol–water partition coefficient (Wildman–Crippen LogP) is 0.625. The Balaban J connectivity index is 2.99. The van der Waals surface area contributed by atoms with Crippen molar-refractivity contribution >= 4 is 5.69 Å². The number of aromatic hydroxyl groups is 1. The lowest BCUT2D eigenvalue weighted by atomic mass is 10.0. The molecule has 5 heteroatoms. The third-order valence-corrected chi connectivity index (χ3v) is 3.01. The number of anilines is 1. The lowest BCUT2D eigenvalue weighted by Crippen LogP contribution is -2.23. The standard InChI is InChI=1S/C13H21NO4/c1-3-14(4-2)9-5-6-10(11(16)7-9)13(18)12(17)8-15/h5-7,12-13,15-18H,3-4,8H2,1-2H3. The maximum absolute atomic E-state index is 9.87. The van der Waals surface area contributed by atoms with Gasteiger partial charge in [0.2, 0.25) is 0 Å². The van der Waals surface area contributed by atoms with Crippen molar-refractivity contribution in [2.75, 3.05) is 24.6 Å². The van der Waals surface area contributed by atoms with Gasteiger partial charge in [-0.15, -0.1) is 0 Å². The van der Waals surface area contributed by atoms with Crippen LogP contribution in [0.3, 0.4) is 0 Å². The van der Waals surface area contributed by atoms with Crippen LogP contribution >= 0.6 is 0 Å². The van der Waals surface area contributed by atoms with Crippen molar-refractivity contribution in [3.63, 3.8) is 0 Å². The van der Waals surface area contributed by atoms with Crippen LogP contribution < -0.4 is 4.90 Å². The zero-order chi connectivity index (χ0) is 13.7. The molecule has 0 saturated carbocycles. The first-order valence-corrected chi connectivity index (χ1v) is 6.09. The second-order valence-corrected chi connectivity index (χ2v) is 4.11. The molecule has 1 aromatic rings. The topological polar surface area (TPSA) is 84.2 Å². The van der Waals surface area contributed by atoms with Crippen LogP contribution in [0.1, 0.15) is 25.5 Å². The molecule has 0 fully saturated rings. The molecule has 0 bridgehead atoms. The largest absolute Gasteiger partial charge is 0.507 e. The molecule has 0 saturated heterocycles. The minimum Gasteiger partial charge on any atom is -0.507 e. The van der Waals surface area contributed by atoms with Gasteiger partial charge >= 0.3 is 0 Å². The Morgan fingerprint density at radius 1 is 1.17 bits per heavy atom. The van der Waals surface area contributed by atoms with Gasteiger partial charge in [-0.3, -0.25) is 0 Å². The molecule has 0 spiro atoms. The summed E-state index contributed by atoms with van der Waals surface area (Å²) >= 11 is 0. The summed E-state index contributed by atoms with van der Waals surface area (Å²) in [5.41, 5.74) is 1.07. The molecule has 1 rings (SSSR count). The fraction of sp³-hybridized carbons (Fsp3) is 0.538. The summed E-state index contributed by atoms with van der Waals surface area (Å²) < 4.78 is 0. The molecule has 0 aromatic heterocycles. The van der Waals surface area contributed by atoms with Crippen molar-refractivity contribution < 1.29 is 20.4 Å². The van der Waals surface area contributed by atoms with Crippen LogP contribution in [0.4, 0.5) is 5.69 Å². The van der Waals surface area contributed by atoms with Crippen LogP contribution in [0.15, 0.2) is 18.2 Å². The smallest absolute Gasteiger partial charge is 0.123 e. The second kappa shape index (κ2) is 6.58. The quantitative estimate of drug-likeness (QED) is 0.599. The van der Waals surface area contributed by atoms with Crippen LogP contribution in [0.25, 0.3) is 0 Å². The van der Waals surface area contributed by atoms with Crippen molar-refractivity contribution in [3.8, 4) is 5.75 Å². The maximum atomic E-state index is 9.87. The van der Waals surface area contributed by atoms with Gasteiger partial charge in [-0.2, -0.15) is 0 Å². The van der Waals surface area contributed by atoms with E-state index >= 15 is 0 Å². The highest BCUT2D eigenvalue weighted by atomic mass is 16.4. The summed E-state index contributed by atoms with van der Waals surface area (Å²) in [4.78, 5) is 2.05. The van der Waals surface area contributed by atoms with Crippen LogP contribution in [-0.4, -0.2) is 46.2 Å². The maximum Gasteiger partial charge on any atom is 0.123 e. The Hall–Kier alpha value is -1.30. The van der Waals surface area contributed by atoms with Crippen molar-refractivity contribution in [1.29, 1.82) is 0 Å². The van der Waals surface area contributed by atoms with E-state index in [4.69, 9.17) is 5.11 Å². The van der Waals surface area contributed by atoms with Gasteiger partial charge in [-0.25, -0.2) is 0 Å². The average Bonchev–Trinajstić information content (AvgIpc) is 2.38. The molecule has 5 nitrogen and oxygen atoms in total. The molecule has 0 aliphatic rings. The van der Waals surface area contributed by atoms with E-state index in [1.807, 2.05) is 13.8 Å². The summed E-state index contributed by atoms with van der Waals surface area (Å²) in [6.07, 6.45) is -2.59. The molecule has 0 heterocycles. The monoisotopic (exact) mass is 255 g/mol. The fourth-order valence-electron chi connectivity index (χ4n) is 1.87. The number of benzene rings is 1. The molecule has 4 N–H and O–H groups in total. The minimum absolute atomic E-state index is 0.0839. The molecule has 0 aliphatic heterocycles. The van der Waals surface area contributed by atoms with Crippen LogP contribution in [-0.2, 0) is 0 Å². The molecule has 0 amide bonds. The van der Waals surface area contributed by atoms with Gasteiger partial charge in [0.1, 0.15) is 18.0 Å². The van der Waals surface area contributed by atoms with E-state index in [-0.39, 0.29) is 11.3 Å². The van der Waals surface area contributed by atoms with Crippen LogP contribution in [0.5, 0.6) is 5.75 Å². The zero-order valence-corrected chi connectivity index (χ0v) is 10.7. The third-order valence-electron chi connectivity index (χ3n) is 3.01. The fourth-order valence-corrected chi connectivity index (χ4v) is 1.87. The third kappa shape index (κ3) is 3.13. The van der Waals surface area contributed by atoms with Crippen LogP contribution in [0, 0.1) is 0 Å². The summed E-state index contributed by atoms with van der Waals surface area (Å²) in [7, 11) is 0. The van der Waals surface area contributed by atoms with Gasteiger partial charge in [0.25, 0.3) is 0 Å². The first-order valence-electron chi connectivity index (χ1n) is 6.09. The number of aliphatic hydroxyl groups excluding tert-OH is 3. The van der Waals surface area contributed by atoms with Crippen molar-refractivity contribution in [3.05, 3.63) is 23.8 Å². The van der Waals surface area contributed by atoms with Gasteiger partial charge in [0.15, 0.2) is 0 Å². The number of hydrogen-bond acceptors (Lipinski definition) is 5. The van der Waals surface area contributed by atoms with Gasteiger partial charge in [0.05, 0.1) is 6.61 Å². The number of aliphatic hydroxyl groups is 3. The van der Waals surface area contributed by atoms with E-state index in [2.05, 4.69) is 4.90 Å². The highest BCUT2D eigenvalue weighted by Crippen LogP contribution is 2.30. The van der Waals surface area contributed by atoms with Crippen molar-refractivity contribution in [2.45, 2.75) is 26.1 Å². The molecule has 2 atom stereocenters. The van der Waals surface area contributed by atoms with E-state index in [9.17, 15) is 15.3 Å². The number of rotatable bonds is 6. The lowest BCUT2D eigenvalue weighted by molar-refractivity contribution is -0.0162. The van der Waals surface area contributed by atoms with E-state index in [1.165, 1.54) is 0 Å². The molecule has 18 heavy (non-hydrogen) atoms.